The minimum Gasteiger partial charge on any atom is -0.368 e. The third-order valence-corrected chi connectivity index (χ3v) is 2.90. The van der Waals surface area contributed by atoms with Gasteiger partial charge in [0.1, 0.15) is 11.6 Å². The largest absolute Gasteiger partial charge is 0.368 e. The second-order valence-electron chi connectivity index (χ2n) is 4.16. The molecule has 94 valence electrons. The maximum absolute atomic E-state index is 11.7. The molecule has 2 aromatic heterocycles. The van der Waals surface area contributed by atoms with E-state index in [9.17, 15) is 4.79 Å². The van der Waals surface area contributed by atoms with Crippen molar-refractivity contribution in [1.29, 1.82) is 0 Å². The number of hydrogen-bond donors (Lipinski definition) is 4. The number of amides is 1. The number of carbonyl (C=O) groups excluding carboxylic acids is 1. The zero-order chi connectivity index (χ0) is 12.5. The molecule has 1 atom stereocenters. The lowest BCUT2D eigenvalue weighted by Gasteiger charge is -2.23. The quantitative estimate of drug-likeness (QED) is 0.574. The summed E-state index contributed by atoms with van der Waals surface area (Å²) in [6, 6.07) is -0.292. The predicted octanol–water partition coefficient (Wildman–Crippen LogP) is -0.374. The van der Waals surface area contributed by atoms with Crippen LogP contribution in [-0.2, 0) is 4.79 Å². The van der Waals surface area contributed by atoms with Crippen LogP contribution in [0.3, 0.4) is 0 Å². The number of carbonyl (C=O) groups is 1. The minimum absolute atomic E-state index is 0.0221. The number of H-pyrrole nitrogens is 1. The molecule has 3 heterocycles. The van der Waals surface area contributed by atoms with Gasteiger partial charge >= 0.3 is 0 Å². The van der Waals surface area contributed by atoms with E-state index in [1.54, 1.807) is 0 Å². The molecule has 1 unspecified atom stereocenters. The first-order valence-electron chi connectivity index (χ1n) is 5.75. The number of imidazole rings is 1. The summed E-state index contributed by atoms with van der Waals surface area (Å²) in [4.78, 5) is 26.7. The van der Waals surface area contributed by atoms with Gasteiger partial charge in [0.2, 0.25) is 11.9 Å². The standard InChI is InChI=1S/C10H13N7O/c11-10-16-7-6(13-4-14-7)8(17-10)15-5-2-1-3-12-9(5)18/h4-5H,1-3H2,(H,12,18)(H4,11,13,14,15,16,17). The summed E-state index contributed by atoms with van der Waals surface area (Å²) in [5.41, 5.74) is 6.75. The lowest BCUT2D eigenvalue weighted by molar-refractivity contribution is -0.123. The molecule has 0 radical (unpaired) electrons. The monoisotopic (exact) mass is 247 g/mol. The van der Waals surface area contributed by atoms with Crippen LogP contribution in [0.5, 0.6) is 0 Å². The fourth-order valence-corrected chi connectivity index (χ4v) is 2.03. The number of nitrogens with two attached hydrogens (primary N) is 1. The smallest absolute Gasteiger partial charge is 0.242 e. The summed E-state index contributed by atoms with van der Waals surface area (Å²) in [5, 5.41) is 5.89. The highest BCUT2D eigenvalue weighted by atomic mass is 16.2. The topological polar surface area (TPSA) is 122 Å². The minimum atomic E-state index is -0.292. The van der Waals surface area contributed by atoms with E-state index in [1.807, 2.05) is 0 Å². The number of aromatic nitrogens is 4. The van der Waals surface area contributed by atoms with Crippen LogP contribution in [0.2, 0.25) is 0 Å². The Morgan fingerprint density at radius 1 is 1.44 bits per heavy atom. The molecule has 8 nitrogen and oxygen atoms in total. The first-order valence-corrected chi connectivity index (χ1v) is 5.75. The highest BCUT2D eigenvalue weighted by molar-refractivity contribution is 5.89. The van der Waals surface area contributed by atoms with Gasteiger partial charge < -0.3 is 21.4 Å². The van der Waals surface area contributed by atoms with E-state index >= 15 is 0 Å². The van der Waals surface area contributed by atoms with Crippen LogP contribution in [-0.4, -0.2) is 38.4 Å². The molecule has 3 rings (SSSR count). The average molecular weight is 247 g/mol. The van der Waals surface area contributed by atoms with Crippen LogP contribution in [0.25, 0.3) is 11.2 Å². The number of nitrogen functional groups attached to an aromatic ring is 1. The van der Waals surface area contributed by atoms with Gasteiger partial charge in [-0.1, -0.05) is 0 Å². The van der Waals surface area contributed by atoms with E-state index in [-0.39, 0.29) is 17.9 Å². The van der Waals surface area contributed by atoms with Gasteiger partial charge in [0, 0.05) is 6.54 Å². The van der Waals surface area contributed by atoms with Crippen molar-refractivity contribution in [3.8, 4) is 0 Å². The number of nitrogens with one attached hydrogen (secondary N) is 3. The number of fused-ring (bicyclic) bond motifs is 1. The average Bonchev–Trinajstić information content (AvgIpc) is 2.80. The van der Waals surface area contributed by atoms with Crippen molar-refractivity contribution in [3.63, 3.8) is 0 Å². The Labute approximate surface area is 102 Å². The Bertz CT molecular complexity index is 593. The Kier molecular flexibility index (Phi) is 2.47. The maximum atomic E-state index is 11.7. The zero-order valence-electron chi connectivity index (χ0n) is 9.60. The molecule has 2 aromatic rings. The third kappa shape index (κ3) is 1.81. The van der Waals surface area contributed by atoms with E-state index in [0.717, 1.165) is 19.4 Å². The molecule has 1 aliphatic rings. The third-order valence-electron chi connectivity index (χ3n) is 2.90. The molecule has 0 spiro atoms. The number of rotatable bonds is 2. The van der Waals surface area contributed by atoms with E-state index in [1.165, 1.54) is 6.33 Å². The highest BCUT2D eigenvalue weighted by Gasteiger charge is 2.23. The van der Waals surface area contributed by atoms with Gasteiger partial charge in [0.25, 0.3) is 0 Å². The molecule has 1 fully saturated rings. The highest BCUT2D eigenvalue weighted by Crippen LogP contribution is 2.19. The second-order valence-corrected chi connectivity index (χ2v) is 4.16. The molecule has 1 amide bonds. The van der Waals surface area contributed by atoms with Crippen LogP contribution < -0.4 is 16.4 Å². The van der Waals surface area contributed by atoms with Crippen LogP contribution in [0, 0.1) is 0 Å². The SMILES string of the molecule is Nc1nc(NC2CCCNC2=O)c2[nH]cnc2n1. The van der Waals surface area contributed by atoms with Crippen LogP contribution in [0.4, 0.5) is 11.8 Å². The fourth-order valence-electron chi connectivity index (χ4n) is 2.03. The molecular formula is C10H13N7O. The lowest BCUT2D eigenvalue weighted by Crippen LogP contribution is -2.44. The summed E-state index contributed by atoms with van der Waals surface area (Å²) in [7, 11) is 0. The van der Waals surface area contributed by atoms with Crippen molar-refractivity contribution in [2.45, 2.75) is 18.9 Å². The Morgan fingerprint density at radius 2 is 2.33 bits per heavy atom. The Morgan fingerprint density at radius 3 is 3.17 bits per heavy atom. The van der Waals surface area contributed by atoms with Gasteiger partial charge in [-0.05, 0) is 12.8 Å². The van der Waals surface area contributed by atoms with Gasteiger partial charge in [-0.2, -0.15) is 9.97 Å². The molecule has 18 heavy (non-hydrogen) atoms. The van der Waals surface area contributed by atoms with Crippen LogP contribution >= 0.6 is 0 Å². The van der Waals surface area contributed by atoms with Crippen LogP contribution in [0.15, 0.2) is 6.33 Å². The van der Waals surface area contributed by atoms with E-state index in [2.05, 4.69) is 30.6 Å². The Hall–Kier alpha value is -2.38. The summed E-state index contributed by atoms with van der Waals surface area (Å²) in [6.07, 6.45) is 3.23. The van der Waals surface area contributed by atoms with Crippen molar-refractivity contribution >= 4 is 28.8 Å². The summed E-state index contributed by atoms with van der Waals surface area (Å²) >= 11 is 0. The van der Waals surface area contributed by atoms with E-state index in [4.69, 9.17) is 5.73 Å². The Balaban J connectivity index is 1.93. The van der Waals surface area contributed by atoms with Crippen molar-refractivity contribution < 1.29 is 4.79 Å². The molecule has 1 aliphatic heterocycles. The fraction of sp³-hybridized carbons (Fsp3) is 0.400. The molecule has 1 saturated heterocycles. The van der Waals surface area contributed by atoms with E-state index < -0.39 is 0 Å². The molecule has 0 aliphatic carbocycles. The zero-order valence-corrected chi connectivity index (χ0v) is 9.60. The lowest BCUT2D eigenvalue weighted by atomic mass is 10.1. The van der Waals surface area contributed by atoms with Crippen LogP contribution in [0.1, 0.15) is 12.8 Å². The number of hydrogen-bond acceptors (Lipinski definition) is 6. The van der Waals surface area contributed by atoms with Gasteiger partial charge in [0.05, 0.1) is 6.33 Å². The van der Waals surface area contributed by atoms with Gasteiger partial charge in [-0.25, -0.2) is 4.98 Å². The first kappa shape index (κ1) is 10.8. The second kappa shape index (κ2) is 4.13. The normalized spacial score (nSPS) is 19.8. The van der Waals surface area contributed by atoms with Crippen molar-refractivity contribution in [3.05, 3.63) is 6.33 Å². The molecule has 0 saturated carbocycles. The number of piperidine rings is 1. The van der Waals surface area contributed by atoms with Crippen molar-refractivity contribution in [2.75, 3.05) is 17.6 Å². The molecular weight excluding hydrogens is 234 g/mol. The van der Waals surface area contributed by atoms with Gasteiger partial charge in [-0.15, -0.1) is 0 Å². The summed E-state index contributed by atoms with van der Waals surface area (Å²) in [6.45, 7) is 0.725. The number of anilines is 2. The number of nitrogens with zero attached hydrogens (tertiary/aromatic N) is 3. The maximum Gasteiger partial charge on any atom is 0.242 e. The van der Waals surface area contributed by atoms with Gasteiger partial charge in [-0.3, -0.25) is 4.79 Å². The summed E-state index contributed by atoms with van der Waals surface area (Å²) in [5.74, 6) is 0.622. The molecule has 0 aromatic carbocycles. The van der Waals surface area contributed by atoms with Gasteiger partial charge in [0.15, 0.2) is 11.5 Å². The van der Waals surface area contributed by atoms with Crippen molar-refractivity contribution in [1.82, 2.24) is 25.3 Å². The van der Waals surface area contributed by atoms with E-state index in [0.29, 0.717) is 17.0 Å². The summed E-state index contributed by atoms with van der Waals surface area (Å²) < 4.78 is 0. The number of aromatic amines is 1. The first-order chi connectivity index (χ1) is 8.74. The molecule has 5 N–H and O–H groups in total. The molecule has 0 bridgehead atoms. The van der Waals surface area contributed by atoms with Crippen molar-refractivity contribution in [2.24, 2.45) is 0 Å². The molecule has 8 heteroatoms. The predicted molar refractivity (Wildman–Crippen MR) is 65.8 cm³/mol.